The number of nitrogens with zero attached hydrogens (tertiary/aromatic N) is 2. The minimum absolute atomic E-state index is 0.0891. The number of hydrogen-bond acceptors (Lipinski definition) is 7. The highest BCUT2D eigenvalue weighted by molar-refractivity contribution is 7.90. The molecule has 2 aliphatic heterocycles. The van der Waals surface area contributed by atoms with Crippen LogP contribution < -0.4 is 19.5 Å². The summed E-state index contributed by atoms with van der Waals surface area (Å²) in [4.78, 5) is 15.4. The number of benzene rings is 2. The number of rotatable bonds is 7. The van der Waals surface area contributed by atoms with E-state index in [2.05, 4.69) is 5.32 Å². The van der Waals surface area contributed by atoms with E-state index < -0.39 is 21.8 Å². The molecule has 3 heterocycles. The smallest absolute Gasteiger partial charge is 0.267 e. The maximum Gasteiger partial charge on any atom is 0.267 e. The highest BCUT2D eigenvalue weighted by atomic mass is 32.2. The molecule has 1 amide bonds. The van der Waals surface area contributed by atoms with Crippen LogP contribution in [0.2, 0.25) is 0 Å². The van der Waals surface area contributed by atoms with Crippen LogP contribution in [0.15, 0.2) is 47.6 Å². The zero-order valence-corrected chi connectivity index (χ0v) is 21.6. The summed E-state index contributed by atoms with van der Waals surface area (Å²) in [5, 5.41) is 3.04. The van der Waals surface area contributed by atoms with E-state index in [0.717, 1.165) is 11.1 Å². The molecule has 11 heteroatoms. The Morgan fingerprint density at radius 2 is 1.78 bits per heavy atom. The first kappa shape index (κ1) is 25.1. The van der Waals surface area contributed by atoms with Gasteiger partial charge in [0.15, 0.2) is 11.5 Å². The van der Waals surface area contributed by atoms with Gasteiger partial charge in [0, 0.05) is 49.7 Å². The van der Waals surface area contributed by atoms with Crippen LogP contribution in [0.5, 0.6) is 17.2 Å². The Morgan fingerprint density at radius 1 is 1.11 bits per heavy atom. The number of carbonyl (C=O) groups excluding carboxylic acids is 1. The Bertz CT molecular complexity index is 1450. The van der Waals surface area contributed by atoms with Crippen molar-refractivity contribution >= 4 is 15.9 Å². The zero-order chi connectivity index (χ0) is 26.3. The first-order chi connectivity index (χ1) is 17.7. The average Bonchev–Trinajstić information content (AvgIpc) is 3.48. The van der Waals surface area contributed by atoms with Gasteiger partial charge < -0.3 is 24.4 Å². The summed E-state index contributed by atoms with van der Waals surface area (Å²) in [6.07, 6.45) is 3.09. The molecule has 37 heavy (non-hydrogen) atoms. The number of nitrogens with one attached hydrogen (secondary N) is 1. The molecule has 0 saturated heterocycles. The van der Waals surface area contributed by atoms with Gasteiger partial charge in [0.1, 0.15) is 24.8 Å². The van der Waals surface area contributed by atoms with Crippen molar-refractivity contribution in [3.63, 3.8) is 0 Å². The largest absolute Gasteiger partial charge is 0.496 e. The number of halogens is 1. The number of ether oxygens (including phenoxy) is 3. The fourth-order valence-corrected chi connectivity index (χ4v) is 6.02. The predicted octanol–water partition coefficient (Wildman–Crippen LogP) is 2.80. The molecule has 1 aromatic heterocycles. The molecule has 1 N–H and O–H groups in total. The van der Waals surface area contributed by atoms with Crippen LogP contribution in [-0.4, -0.2) is 57.1 Å². The van der Waals surface area contributed by atoms with Gasteiger partial charge in [0.25, 0.3) is 10.0 Å². The maximum absolute atomic E-state index is 14.1. The molecule has 0 aliphatic carbocycles. The summed E-state index contributed by atoms with van der Waals surface area (Å²) in [7, 11) is -0.669. The zero-order valence-electron chi connectivity index (χ0n) is 20.8. The maximum atomic E-state index is 14.1. The molecule has 0 spiro atoms. The lowest BCUT2D eigenvalue weighted by molar-refractivity contribution is -0.133. The van der Waals surface area contributed by atoms with Crippen LogP contribution in [-0.2, 0) is 27.9 Å². The Hall–Kier alpha value is -3.57. The SMILES string of the molecule is CNCC(C(=O)N1Cc2cn(S(=O)(=O)c3ccc4c(c3)OCCO4)cc2C1)c1cc(C)c(F)cc1OC. The molecule has 3 aromatic rings. The summed E-state index contributed by atoms with van der Waals surface area (Å²) in [6, 6.07) is 7.48. The molecule has 5 rings (SSSR count). The van der Waals surface area contributed by atoms with E-state index in [4.69, 9.17) is 14.2 Å². The fraction of sp³-hybridized carbons (Fsp3) is 0.346. The Balaban J connectivity index is 1.38. The minimum atomic E-state index is -3.86. The van der Waals surface area contributed by atoms with Crippen molar-refractivity contribution in [1.82, 2.24) is 14.2 Å². The van der Waals surface area contributed by atoms with E-state index in [9.17, 15) is 17.6 Å². The number of likely N-dealkylation sites (N-methyl/N-ethyl adjacent to an activating group) is 1. The molecule has 2 aliphatic rings. The van der Waals surface area contributed by atoms with Crippen molar-refractivity contribution in [3.8, 4) is 17.2 Å². The van der Waals surface area contributed by atoms with Crippen molar-refractivity contribution < 1.29 is 31.8 Å². The van der Waals surface area contributed by atoms with Gasteiger partial charge in [-0.2, -0.15) is 0 Å². The third kappa shape index (κ3) is 4.53. The molecule has 1 unspecified atom stereocenters. The first-order valence-electron chi connectivity index (χ1n) is 11.8. The van der Waals surface area contributed by atoms with Crippen molar-refractivity contribution in [3.05, 3.63) is 70.8 Å². The summed E-state index contributed by atoms with van der Waals surface area (Å²) in [5.41, 5.74) is 2.52. The Morgan fingerprint density at radius 3 is 2.43 bits per heavy atom. The normalized spacial score (nSPS) is 15.4. The van der Waals surface area contributed by atoms with E-state index in [-0.39, 0.29) is 23.9 Å². The quantitative estimate of drug-likeness (QED) is 0.503. The Kier molecular flexibility index (Phi) is 6.59. The number of methoxy groups -OCH3 is 1. The van der Waals surface area contributed by atoms with Gasteiger partial charge in [0.2, 0.25) is 5.91 Å². The van der Waals surface area contributed by atoms with E-state index >= 15 is 0 Å². The van der Waals surface area contributed by atoms with Crippen LogP contribution >= 0.6 is 0 Å². The second-order valence-electron chi connectivity index (χ2n) is 9.10. The third-order valence-corrected chi connectivity index (χ3v) is 8.31. The molecule has 0 radical (unpaired) electrons. The highest BCUT2D eigenvalue weighted by Crippen LogP contribution is 2.35. The molecule has 0 saturated carbocycles. The number of aromatic nitrogens is 1. The van der Waals surface area contributed by atoms with Gasteiger partial charge in [-0.15, -0.1) is 0 Å². The van der Waals surface area contributed by atoms with Crippen molar-refractivity contribution in [1.29, 1.82) is 0 Å². The van der Waals surface area contributed by atoms with Crippen LogP contribution in [0.25, 0.3) is 0 Å². The monoisotopic (exact) mass is 529 g/mol. The van der Waals surface area contributed by atoms with E-state index in [1.54, 1.807) is 43.4 Å². The lowest BCUT2D eigenvalue weighted by atomic mass is 9.94. The standard InChI is InChI=1S/C26H28FN3O6S/c1-16-8-20(24(34-3)10-22(16)27)21(11-28-2)26(31)29-12-17-14-30(15-18(17)13-29)37(32,33)19-4-5-23-25(9-19)36-7-6-35-23/h4-5,8-10,14-15,21,28H,6-7,11-13H2,1-3H3. The summed E-state index contributed by atoms with van der Waals surface area (Å²) >= 11 is 0. The number of amides is 1. The molecule has 196 valence electrons. The van der Waals surface area contributed by atoms with Gasteiger partial charge >= 0.3 is 0 Å². The van der Waals surface area contributed by atoms with Gasteiger partial charge in [-0.3, -0.25) is 4.79 Å². The number of carbonyl (C=O) groups is 1. The van der Waals surface area contributed by atoms with Crippen molar-refractivity contribution in [2.24, 2.45) is 0 Å². The molecule has 0 fully saturated rings. The van der Waals surface area contributed by atoms with Gasteiger partial charge in [0.05, 0.1) is 17.9 Å². The van der Waals surface area contributed by atoms with Gasteiger partial charge in [-0.1, -0.05) is 0 Å². The van der Waals surface area contributed by atoms with E-state index in [1.165, 1.54) is 29.3 Å². The van der Waals surface area contributed by atoms with E-state index in [0.29, 0.717) is 48.1 Å². The fourth-order valence-electron chi connectivity index (χ4n) is 4.75. The minimum Gasteiger partial charge on any atom is -0.496 e. The lowest BCUT2D eigenvalue weighted by Gasteiger charge is -2.25. The molecule has 0 bridgehead atoms. The molecule has 1 atom stereocenters. The number of fused-ring (bicyclic) bond motifs is 2. The van der Waals surface area contributed by atoms with Crippen LogP contribution in [0.3, 0.4) is 0 Å². The first-order valence-corrected chi connectivity index (χ1v) is 13.3. The highest BCUT2D eigenvalue weighted by Gasteiger charge is 2.34. The lowest BCUT2D eigenvalue weighted by Crippen LogP contribution is -2.35. The molecular weight excluding hydrogens is 501 g/mol. The second kappa shape index (κ2) is 9.71. The number of aryl methyl sites for hydroxylation is 1. The van der Waals surface area contributed by atoms with Crippen molar-refractivity contribution in [2.45, 2.75) is 30.8 Å². The molecule has 9 nitrogen and oxygen atoms in total. The second-order valence-corrected chi connectivity index (χ2v) is 10.9. The third-order valence-electron chi connectivity index (χ3n) is 6.69. The molecular formula is C26H28FN3O6S. The van der Waals surface area contributed by atoms with Crippen LogP contribution in [0.1, 0.15) is 28.2 Å². The summed E-state index contributed by atoms with van der Waals surface area (Å²) in [6.45, 7) is 3.28. The van der Waals surface area contributed by atoms with Gasteiger partial charge in [-0.25, -0.2) is 16.8 Å². The van der Waals surface area contributed by atoms with Crippen LogP contribution in [0, 0.1) is 12.7 Å². The molecule has 2 aromatic carbocycles. The van der Waals surface area contributed by atoms with Crippen LogP contribution in [0.4, 0.5) is 4.39 Å². The van der Waals surface area contributed by atoms with Crippen molar-refractivity contribution in [2.75, 3.05) is 33.9 Å². The van der Waals surface area contributed by atoms with E-state index in [1.807, 2.05) is 0 Å². The number of hydrogen-bond donors (Lipinski definition) is 1. The average molecular weight is 530 g/mol. The summed E-state index contributed by atoms with van der Waals surface area (Å²) in [5.74, 6) is 0.0602. The van der Waals surface area contributed by atoms with Gasteiger partial charge in [-0.05, 0) is 48.9 Å². The Labute approximate surface area is 214 Å². The topological polar surface area (TPSA) is 99.1 Å². The predicted molar refractivity (Wildman–Crippen MR) is 133 cm³/mol. The summed E-state index contributed by atoms with van der Waals surface area (Å²) < 4.78 is 58.2.